The number of carbonyl (C=O) groups excluding carboxylic acids is 3. The Morgan fingerprint density at radius 1 is 1.04 bits per heavy atom. The molecule has 48 heavy (non-hydrogen) atoms. The number of esters is 2. The van der Waals surface area contributed by atoms with Gasteiger partial charge in [0.1, 0.15) is 22.3 Å². The van der Waals surface area contributed by atoms with E-state index in [4.69, 9.17) is 14.2 Å². The molecular weight excluding hydrogens is 653 g/mol. The number of likely N-dealkylation sites (tertiary alicyclic amines) is 1. The van der Waals surface area contributed by atoms with E-state index < -0.39 is 0 Å². The molecule has 0 unspecified atom stereocenters. The van der Waals surface area contributed by atoms with Gasteiger partial charge in [-0.05, 0) is 57.7 Å². The van der Waals surface area contributed by atoms with Gasteiger partial charge in [0.05, 0.1) is 43.5 Å². The van der Waals surface area contributed by atoms with Gasteiger partial charge in [-0.1, -0.05) is 37.5 Å². The normalized spacial score (nSPS) is 16.5. The van der Waals surface area contributed by atoms with Gasteiger partial charge in [-0.25, -0.2) is 9.97 Å². The van der Waals surface area contributed by atoms with Crippen LogP contribution < -0.4 is 5.32 Å². The van der Waals surface area contributed by atoms with E-state index in [0.717, 1.165) is 72.5 Å². The molecule has 14 heteroatoms. The van der Waals surface area contributed by atoms with Gasteiger partial charge in [0.2, 0.25) is 5.91 Å². The van der Waals surface area contributed by atoms with Crippen molar-refractivity contribution in [3.63, 3.8) is 0 Å². The second-order valence-electron chi connectivity index (χ2n) is 12.6. The zero-order valence-corrected chi connectivity index (χ0v) is 30.4. The fourth-order valence-electron chi connectivity index (χ4n) is 5.56. The molecule has 0 saturated carbocycles. The molecule has 1 amide bonds. The van der Waals surface area contributed by atoms with Gasteiger partial charge in [0.25, 0.3) is 0 Å². The van der Waals surface area contributed by atoms with Gasteiger partial charge >= 0.3 is 11.9 Å². The third kappa shape index (κ3) is 13.2. The number of thioether (sulfide) groups is 1. The van der Waals surface area contributed by atoms with E-state index in [0.29, 0.717) is 44.0 Å². The fraction of sp³-hybridized carbons (Fsp3) is 0.676. The van der Waals surface area contributed by atoms with Crippen molar-refractivity contribution in [1.29, 1.82) is 0 Å². The minimum absolute atomic E-state index is 0.0121. The third-order valence-electron chi connectivity index (χ3n) is 8.09. The maximum atomic E-state index is 12.3. The Balaban J connectivity index is 1.07. The van der Waals surface area contributed by atoms with Crippen molar-refractivity contribution in [1.82, 2.24) is 30.0 Å². The van der Waals surface area contributed by atoms with Crippen LogP contribution in [-0.2, 0) is 28.6 Å². The summed E-state index contributed by atoms with van der Waals surface area (Å²) in [5, 5.41) is 4.39. The standard InChI is InChI=1S/C34H50N6O6S2/c1-5-45-31(42)21-40-15-13-39(14-16-40)20-27-8-11-38(12-9-27)17-18-44-23-30(41)35-10-6-7-28-19-29-33(36-26(4)37-34(29)48-28)47-24-32(43)46-22-25(2)3/h19,25,27H,5,8-18,20-24H2,1-4H3,(H,35,41). The molecule has 0 aliphatic carbocycles. The molecule has 2 aromatic heterocycles. The topological polar surface area (TPSA) is 126 Å². The molecule has 1 N–H and O–H groups in total. The number of carbonyl (C=O) groups is 3. The molecule has 0 aromatic carbocycles. The summed E-state index contributed by atoms with van der Waals surface area (Å²) in [6.45, 7) is 17.5. The van der Waals surface area contributed by atoms with Crippen molar-refractivity contribution in [2.45, 2.75) is 45.6 Å². The van der Waals surface area contributed by atoms with Crippen LogP contribution >= 0.6 is 23.1 Å². The van der Waals surface area contributed by atoms with E-state index in [9.17, 15) is 14.4 Å². The second-order valence-corrected chi connectivity index (χ2v) is 14.6. The first kappa shape index (κ1) is 38.0. The number of thiophene rings is 1. The molecule has 2 fully saturated rings. The van der Waals surface area contributed by atoms with Crippen LogP contribution in [0.3, 0.4) is 0 Å². The predicted molar refractivity (Wildman–Crippen MR) is 188 cm³/mol. The minimum atomic E-state index is -0.263. The van der Waals surface area contributed by atoms with E-state index in [-0.39, 0.29) is 36.8 Å². The molecule has 4 rings (SSSR count). The van der Waals surface area contributed by atoms with Crippen molar-refractivity contribution >= 4 is 51.2 Å². The molecule has 264 valence electrons. The lowest BCUT2D eigenvalue weighted by Gasteiger charge is -2.38. The van der Waals surface area contributed by atoms with Gasteiger partial charge in [-0.3, -0.25) is 19.3 Å². The number of hydrogen-bond donors (Lipinski definition) is 1. The lowest BCUT2D eigenvalue weighted by molar-refractivity contribution is -0.145. The summed E-state index contributed by atoms with van der Waals surface area (Å²) >= 11 is 2.80. The van der Waals surface area contributed by atoms with Gasteiger partial charge in [0.15, 0.2) is 0 Å². The molecule has 2 aromatic rings. The largest absolute Gasteiger partial charge is 0.465 e. The number of aromatic nitrogens is 2. The summed E-state index contributed by atoms with van der Waals surface area (Å²) in [7, 11) is 0. The quantitative estimate of drug-likeness (QED) is 0.0909. The van der Waals surface area contributed by atoms with E-state index in [1.165, 1.54) is 35.9 Å². The molecule has 2 saturated heterocycles. The molecule has 0 spiro atoms. The summed E-state index contributed by atoms with van der Waals surface area (Å²) in [5.74, 6) is 7.33. The Bertz CT molecular complexity index is 1410. The molecule has 2 aliphatic heterocycles. The number of piperidine rings is 1. The Morgan fingerprint density at radius 2 is 1.79 bits per heavy atom. The lowest BCUT2D eigenvalue weighted by atomic mass is 9.96. The van der Waals surface area contributed by atoms with Crippen LogP contribution in [0.25, 0.3) is 10.2 Å². The van der Waals surface area contributed by atoms with E-state index in [2.05, 4.69) is 41.8 Å². The van der Waals surface area contributed by atoms with Crippen LogP contribution in [0, 0.1) is 30.6 Å². The van der Waals surface area contributed by atoms with Crippen LogP contribution in [-0.4, -0.2) is 140 Å². The van der Waals surface area contributed by atoms with E-state index in [1.807, 2.05) is 33.8 Å². The molecular formula is C34H50N6O6S2. The van der Waals surface area contributed by atoms with Crippen LogP contribution in [0.4, 0.5) is 0 Å². The Labute approximate surface area is 292 Å². The average molecular weight is 703 g/mol. The molecule has 0 radical (unpaired) electrons. The predicted octanol–water partition coefficient (Wildman–Crippen LogP) is 2.67. The first-order chi connectivity index (χ1) is 23.2. The number of nitrogens with one attached hydrogen (secondary N) is 1. The van der Waals surface area contributed by atoms with Crippen molar-refractivity contribution in [2.24, 2.45) is 11.8 Å². The highest BCUT2D eigenvalue weighted by Crippen LogP contribution is 2.31. The zero-order valence-electron chi connectivity index (χ0n) is 28.8. The minimum Gasteiger partial charge on any atom is -0.465 e. The number of amides is 1. The van der Waals surface area contributed by atoms with Crippen LogP contribution in [0.1, 0.15) is 44.3 Å². The maximum absolute atomic E-state index is 12.3. The van der Waals surface area contributed by atoms with Gasteiger partial charge in [0, 0.05) is 44.7 Å². The summed E-state index contributed by atoms with van der Waals surface area (Å²) in [6, 6.07) is 1.93. The Morgan fingerprint density at radius 3 is 2.52 bits per heavy atom. The zero-order chi connectivity index (χ0) is 34.3. The lowest BCUT2D eigenvalue weighted by Crippen LogP contribution is -2.50. The first-order valence-corrected chi connectivity index (χ1v) is 18.7. The maximum Gasteiger partial charge on any atom is 0.320 e. The van der Waals surface area contributed by atoms with E-state index >= 15 is 0 Å². The molecule has 0 atom stereocenters. The number of rotatable bonds is 16. The van der Waals surface area contributed by atoms with Crippen LogP contribution in [0.5, 0.6) is 0 Å². The Hall–Kier alpha value is -2.80. The number of fused-ring (bicyclic) bond motifs is 1. The number of nitrogens with zero attached hydrogens (tertiary/aromatic N) is 5. The number of piperazine rings is 1. The van der Waals surface area contributed by atoms with Crippen LogP contribution in [0.2, 0.25) is 0 Å². The average Bonchev–Trinajstić information content (AvgIpc) is 3.47. The van der Waals surface area contributed by atoms with Crippen molar-refractivity contribution in [3.8, 4) is 11.8 Å². The summed E-state index contributed by atoms with van der Waals surface area (Å²) in [5.41, 5.74) is 0. The van der Waals surface area contributed by atoms with Gasteiger partial charge in [-0.15, -0.1) is 11.3 Å². The van der Waals surface area contributed by atoms with Crippen molar-refractivity contribution in [2.75, 3.05) is 97.6 Å². The smallest absolute Gasteiger partial charge is 0.320 e. The van der Waals surface area contributed by atoms with Crippen molar-refractivity contribution < 1.29 is 28.6 Å². The van der Waals surface area contributed by atoms with E-state index in [1.54, 1.807) is 0 Å². The highest BCUT2D eigenvalue weighted by atomic mass is 32.2. The summed E-state index contributed by atoms with van der Waals surface area (Å²) < 4.78 is 16.0. The van der Waals surface area contributed by atoms with Crippen molar-refractivity contribution in [3.05, 3.63) is 16.8 Å². The highest BCUT2D eigenvalue weighted by molar-refractivity contribution is 8.00. The third-order valence-corrected chi connectivity index (χ3v) is 10.0. The summed E-state index contributed by atoms with van der Waals surface area (Å²) in [4.78, 5) is 53.9. The molecule has 2 aliphatic rings. The molecule has 4 heterocycles. The Kier molecular flexibility index (Phi) is 15.8. The highest BCUT2D eigenvalue weighted by Gasteiger charge is 2.25. The van der Waals surface area contributed by atoms with Gasteiger partial charge < -0.3 is 29.3 Å². The SMILES string of the molecule is CCOC(=O)CN1CCN(CC2CCN(CCOCC(=O)NCC#Cc3cc4c(SCC(=O)OCC(C)C)nc(C)nc4s3)CC2)CC1. The molecule has 12 nitrogen and oxygen atoms in total. The first-order valence-electron chi connectivity index (χ1n) is 16.9. The number of aryl methyl sites for hydroxylation is 1. The number of ether oxygens (including phenoxy) is 3. The fourth-order valence-corrected chi connectivity index (χ4v) is 7.42. The van der Waals surface area contributed by atoms with Crippen LogP contribution in [0.15, 0.2) is 11.1 Å². The van der Waals surface area contributed by atoms with Gasteiger partial charge in [-0.2, -0.15) is 0 Å². The molecule has 0 bridgehead atoms. The second kappa shape index (κ2) is 20.0. The monoisotopic (exact) mass is 702 g/mol. The number of hydrogen-bond acceptors (Lipinski definition) is 13. The summed E-state index contributed by atoms with van der Waals surface area (Å²) in [6.07, 6.45) is 2.34.